The van der Waals surface area contributed by atoms with Crippen molar-refractivity contribution < 1.29 is 24.5 Å². The van der Waals surface area contributed by atoms with Crippen molar-refractivity contribution in [1.29, 1.82) is 0 Å². The van der Waals surface area contributed by atoms with E-state index in [-0.39, 0.29) is 31.4 Å². The van der Waals surface area contributed by atoms with Gasteiger partial charge in [0.15, 0.2) is 6.61 Å². The molecule has 3 heterocycles. The zero-order chi connectivity index (χ0) is 23.4. The number of aromatic nitrogens is 2. The van der Waals surface area contributed by atoms with Gasteiger partial charge < -0.3 is 25.2 Å². The van der Waals surface area contributed by atoms with E-state index in [1.54, 1.807) is 16.9 Å². The van der Waals surface area contributed by atoms with Crippen LogP contribution in [0.5, 0.6) is 5.75 Å². The minimum absolute atomic E-state index is 0.00395. The molecule has 3 N–H and O–H groups in total. The zero-order valence-electron chi connectivity index (χ0n) is 18.9. The Morgan fingerprint density at radius 2 is 2.00 bits per heavy atom. The van der Waals surface area contributed by atoms with Gasteiger partial charge in [0.25, 0.3) is 5.91 Å². The highest BCUT2D eigenvalue weighted by molar-refractivity contribution is 5.77. The molecule has 1 aromatic heterocycles. The topological polar surface area (TPSA) is 117 Å². The minimum Gasteiger partial charge on any atom is -0.483 e. The maximum Gasteiger partial charge on any atom is 0.257 e. The third-order valence-corrected chi connectivity index (χ3v) is 6.74. The number of benzene rings is 1. The first kappa shape index (κ1) is 23.3. The third-order valence-electron chi connectivity index (χ3n) is 6.74. The number of hydrogen-bond donors (Lipinski definition) is 3. The van der Waals surface area contributed by atoms with Crippen LogP contribution in [-0.4, -0.2) is 75.2 Å². The number of ether oxygens (including phenoxy) is 1. The monoisotopic (exact) mass is 456 g/mol. The number of carbonyl (C=O) groups excluding carboxylic acids is 2. The average Bonchev–Trinajstić information content (AvgIpc) is 3.21. The van der Waals surface area contributed by atoms with Gasteiger partial charge in [-0.2, -0.15) is 5.10 Å². The SMILES string of the molecule is Cc1cnn(CC(=O)N2CCC3(CC2)CNC(=O)COc2ccccc2C[C@H](O)[C@H](O)C3)c1. The molecule has 0 radical (unpaired) electrons. The number of carbonyl (C=O) groups is 2. The van der Waals surface area contributed by atoms with Crippen LogP contribution in [0.1, 0.15) is 30.4 Å². The number of piperidine rings is 1. The summed E-state index contributed by atoms with van der Waals surface area (Å²) in [4.78, 5) is 27.0. The van der Waals surface area contributed by atoms with Crippen LogP contribution in [0.15, 0.2) is 36.7 Å². The molecule has 2 aromatic rings. The summed E-state index contributed by atoms with van der Waals surface area (Å²) in [7, 11) is 0. The lowest BCUT2D eigenvalue weighted by atomic mass is 9.73. The number of nitrogens with one attached hydrogen (secondary N) is 1. The summed E-state index contributed by atoms with van der Waals surface area (Å²) in [6.07, 6.45) is 3.48. The Kier molecular flexibility index (Phi) is 6.99. The summed E-state index contributed by atoms with van der Waals surface area (Å²) in [6, 6.07) is 7.23. The van der Waals surface area contributed by atoms with E-state index in [4.69, 9.17) is 4.74 Å². The van der Waals surface area contributed by atoms with Crippen molar-refractivity contribution in [3.8, 4) is 5.75 Å². The number of likely N-dealkylation sites (tertiary alicyclic amines) is 1. The molecule has 2 aliphatic rings. The van der Waals surface area contributed by atoms with Crippen LogP contribution in [0.2, 0.25) is 0 Å². The number of rotatable bonds is 2. The first-order chi connectivity index (χ1) is 15.8. The van der Waals surface area contributed by atoms with Gasteiger partial charge in [0.1, 0.15) is 12.3 Å². The van der Waals surface area contributed by atoms with Gasteiger partial charge in [-0.05, 0) is 48.8 Å². The largest absolute Gasteiger partial charge is 0.483 e. The van der Waals surface area contributed by atoms with Crippen LogP contribution in [-0.2, 0) is 22.6 Å². The number of hydrogen-bond acceptors (Lipinski definition) is 6. The second kappa shape index (κ2) is 9.93. The van der Waals surface area contributed by atoms with E-state index in [1.807, 2.05) is 36.2 Å². The Labute approximate surface area is 193 Å². The highest BCUT2D eigenvalue weighted by Gasteiger charge is 2.39. The number of fused-ring (bicyclic) bond motifs is 1. The fraction of sp³-hybridized carbons (Fsp3) is 0.542. The van der Waals surface area contributed by atoms with Crippen molar-refractivity contribution in [1.82, 2.24) is 20.0 Å². The quantitative estimate of drug-likeness (QED) is 0.611. The average molecular weight is 457 g/mol. The van der Waals surface area contributed by atoms with Gasteiger partial charge >= 0.3 is 0 Å². The van der Waals surface area contributed by atoms with Gasteiger partial charge in [-0.1, -0.05) is 18.2 Å². The van der Waals surface area contributed by atoms with Gasteiger partial charge in [0, 0.05) is 32.3 Å². The smallest absolute Gasteiger partial charge is 0.257 e. The molecule has 33 heavy (non-hydrogen) atoms. The molecule has 1 saturated heterocycles. The van der Waals surface area contributed by atoms with Gasteiger partial charge in [-0.15, -0.1) is 0 Å². The number of para-hydroxylation sites is 1. The normalized spacial score (nSPS) is 23.6. The lowest BCUT2D eigenvalue weighted by Crippen LogP contribution is -2.51. The summed E-state index contributed by atoms with van der Waals surface area (Å²) in [6.45, 7) is 3.42. The molecule has 1 aromatic carbocycles. The van der Waals surface area contributed by atoms with Crippen LogP contribution >= 0.6 is 0 Å². The molecule has 0 aliphatic carbocycles. The molecule has 2 atom stereocenters. The van der Waals surface area contributed by atoms with Crippen molar-refractivity contribution in [2.45, 2.75) is 51.4 Å². The van der Waals surface area contributed by atoms with Crippen molar-refractivity contribution in [2.75, 3.05) is 26.2 Å². The summed E-state index contributed by atoms with van der Waals surface area (Å²) < 4.78 is 7.31. The first-order valence-electron chi connectivity index (χ1n) is 11.4. The van der Waals surface area contributed by atoms with E-state index in [0.717, 1.165) is 11.1 Å². The molecule has 0 bridgehead atoms. The van der Waals surface area contributed by atoms with E-state index in [0.29, 0.717) is 44.6 Å². The third kappa shape index (κ3) is 5.72. The summed E-state index contributed by atoms with van der Waals surface area (Å²) in [5.74, 6) is 0.302. The molecule has 0 saturated carbocycles. The number of aliphatic hydroxyl groups excluding tert-OH is 2. The molecule has 1 spiro atoms. The van der Waals surface area contributed by atoms with E-state index < -0.39 is 17.6 Å². The van der Waals surface area contributed by atoms with E-state index >= 15 is 0 Å². The second-order valence-electron chi connectivity index (χ2n) is 9.31. The van der Waals surface area contributed by atoms with Crippen molar-refractivity contribution >= 4 is 11.8 Å². The van der Waals surface area contributed by atoms with Crippen LogP contribution in [0, 0.1) is 12.3 Å². The van der Waals surface area contributed by atoms with Gasteiger partial charge in [-0.25, -0.2) is 0 Å². The highest BCUT2D eigenvalue weighted by atomic mass is 16.5. The van der Waals surface area contributed by atoms with Gasteiger partial charge in [-0.3, -0.25) is 14.3 Å². The molecule has 9 nitrogen and oxygen atoms in total. The van der Waals surface area contributed by atoms with Crippen molar-refractivity contribution in [3.63, 3.8) is 0 Å². The van der Waals surface area contributed by atoms with Crippen LogP contribution in [0.4, 0.5) is 0 Å². The lowest BCUT2D eigenvalue weighted by molar-refractivity contribution is -0.135. The lowest BCUT2D eigenvalue weighted by Gasteiger charge is -2.43. The molecule has 9 heteroatoms. The van der Waals surface area contributed by atoms with Crippen LogP contribution < -0.4 is 10.1 Å². The maximum absolute atomic E-state index is 12.7. The minimum atomic E-state index is -0.955. The summed E-state index contributed by atoms with van der Waals surface area (Å²) in [5.41, 5.74) is 1.35. The summed E-state index contributed by atoms with van der Waals surface area (Å²) in [5, 5.41) is 28.7. The Hall–Kier alpha value is -2.91. The van der Waals surface area contributed by atoms with E-state index in [9.17, 15) is 19.8 Å². The molecular weight excluding hydrogens is 424 g/mol. The Balaban J connectivity index is 1.44. The molecular formula is C24H32N4O5. The van der Waals surface area contributed by atoms with Crippen LogP contribution in [0.25, 0.3) is 0 Å². The Bertz CT molecular complexity index is 983. The zero-order valence-corrected chi connectivity index (χ0v) is 18.9. The van der Waals surface area contributed by atoms with Crippen molar-refractivity contribution in [3.05, 3.63) is 47.8 Å². The van der Waals surface area contributed by atoms with Gasteiger partial charge in [0.05, 0.1) is 18.4 Å². The summed E-state index contributed by atoms with van der Waals surface area (Å²) >= 11 is 0. The Morgan fingerprint density at radius 1 is 1.24 bits per heavy atom. The van der Waals surface area contributed by atoms with Crippen LogP contribution in [0.3, 0.4) is 0 Å². The van der Waals surface area contributed by atoms with E-state index in [2.05, 4.69) is 10.4 Å². The van der Waals surface area contributed by atoms with Crippen molar-refractivity contribution in [2.24, 2.45) is 5.41 Å². The van der Waals surface area contributed by atoms with E-state index in [1.165, 1.54) is 0 Å². The second-order valence-corrected chi connectivity index (χ2v) is 9.31. The molecule has 178 valence electrons. The fourth-order valence-electron chi connectivity index (χ4n) is 4.71. The molecule has 0 unspecified atom stereocenters. The molecule has 2 aliphatic heterocycles. The first-order valence-corrected chi connectivity index (χ1v) is 11.4. The number of aryl methyl sites for hydroxylation is 1. The maximum atomic E-state index is 12.7. The predicted octanol–water partition coefficient (Wildman–Crippen LogP) is 0.664. The fourth-order valence-corrected chi connectivity index (χ4v) is 4.71. The Morgan fingerprint density at radius 3 is 2.73 bits per heavy atom. The number of amides is 2. The van der Waals surface area contributed by atoms with Gasteiger partial charge in [0.2, 0.25) is 5.91 Å². The standard InChI is InChI=1S/C24H32N4O5/c1-17-12-26-28(13-17)14-23(32)27-8-6-24(7-9-27)11-20(30)19(29)10-18-4-2-3-5-21(18)33-15-22(31)25-16-24/h2-5,12-13,19-20,29-30H,6-11,14-16H2,1H3,(H,25,31)/t19-,20+/m0/s1. The molecule has 1 fully saturated rings. The molecule has 2 amide bonds. The predicted molar refractivity (Wildman–Crippen MR) is 120 cm³/mol. The highest BCUT2D eigenvalue weighted by Crippen LogP contribution is 2.37. The molecule has 4 rings (SSSR count). The number of nitrogens with zero attached hydrogens (tertiary/aromatic N) is 3. The number of aliphatic hydroxyl groups is 2.